The van der Waals surface area contributed by atoms with Gasteiger partial charge in [0, 0.05) is 18.2 Å². The number of rotatable bonds is 8. The lowest BCUT2D eigenvalue weighted by Crippen LogP contribution is -2.24. The van der Waals surface area contributed by atoms with E-state index in [1.54, 1.807) is 25.3 Å². The Hall–Kier alpha value is -3.38. The third kappa shape index (κ3) is 4.78. The smallest absolute Gasteiger partial charge is 0.227 e. The maximum atomic E-state index is 13.8. The molecule has 30 heavy (non-hydrogen) atoms. The van der Waals surface area contributed by atoms with Crippen LogP contribution in [0.1, 0.15) is 35.2 Å². The number of pyridine rings is 1. The molecule has 0 aliphatic carbocycles. The zero-order chi connectivity index (χ0) is 20.8. The minimum Gasteiger partial charge on any atom is -0.339 e. The van der Waals surface area contributed by atoms with Crippen molar-refractivity contribution in [1.29, 1.82) is 0 Å². The summed E-state index contributed by atoms with van der Waals surface area (Å²) in [5.74, 6) is 0.680. The van der Waals surface area contributed by atoms with Crippen molar-refractivity contribution in [1.82, 2.24) is 20.4 Å². The minimum absolute atomic E-state index is 0.0150. The van der Waals surface area contributed by atoms with Gasteiger partial charge in [-0.25, -0.2) is 4.39 Å². The quantitative estimate of drug-likeness (QED) is 0.425. The van der Waals surface area contributed by atoms with Crippen molar-refractivity contribution in [2.75, 3.05) is 6.54 Å². The van der Waals surface area contributed by atoms with Crippen LogP contribution in [0.25, 0.3) is 11.4 Å². The Morgan fingerprint density at radius 2 is 1.87 bits per heavy atom. The molecule has 0 fully saturated rings. The van der Waals surface area contributed by atoms with Gasteiger partial charge in [0.15, 0.2) is 0 Å². The van der Waals surface area contributed by atoms with Crippen molar-refractivity contribution < 1.29 is 8.91 Å². The summed E-state index contributed by atoms with van der Waals surface area (Å²) in [6.07, 6.45) is 3.26. The van der Waals surface area contributed by atoms with Crippen LogP contribution in [0.15, 0.2) is 77.4 Å². The number of nitrogens with zero attached hydrogens (tertiary/aromatic N) is 3. The van der Waals surface area contributed by atoms with E-state index in [1.807, 2.05) is 36.4 Å². The van der Waals surface area contributed by atoms with Crippen molar-refractivity contribution in [2.24, 2.45) is 0 Å². The van der Waals surface area contributed by atoms with E-state index in [-0.39, 0.29) is 11.9 Å². The molecule has 2 aromatic heterocycles. The molecule has 1 N–H and O–H groups in total. The fourth-order valence-electron chi connectivity index (χ4n) is 3.28. The highest BCUT2D eigenvalue weighted by Gasteiger charge is 2.15. The van der Waals surface area contributed by atoms with Gasteiger partial charge in [-0.1, -0.05) is 53.7 Å². The maximum absolute atomic E-state index is 13.8. The Morgan fingerprint density at radius 1 is 1.03 bits per heavy atom. The molecule has 4 aromatic rings. The van der Waals surface area contributed by atoms with Gasteiger partial charge in [0.2, 0.25) is 11.7 Å². The maximum Gasteiger partial charge on any atom is 0.227 e. The molecule has 0 spiro atoms. The fraction of sp³-hybridized carbons (Fsp3) is 0.208. The Bertz CT molecular complexity index is 1040. The topological polar surface area (TPSA) is 63.8 Å². The predicted octanol–water partition coefficient (Wildman–Crippen LogP) is 4.89. The molecule has 0 aliphatic rings. The first-order chi connectivity index (χ1) is 14.7. The van der Waals surface area contributed by atoms with Crippen LogP contribution in [-0.4, -0.2) is 21.7 Å². The average Bonchev–Trinajstić information content (AvgIpc) is 3.26. The minimum atomic E-state index is -0.274. The summed E-state index contributed by atoms with van der Waals surface area (Å²) in [5.41, 5.74) is 3.35. The summed E-state index contributed by atoms with van der Waals surface area (Å²) in [6.45, 7) is 2.48. The number of halogens is 1. The lowest BCUT2D eigenvalue weighted by atomic mass is 10.0. The zero-order valence-corrected chi connectivity index (χ0v) is 16.8. The lowest BCUT2D eigenvalue weighted by Gasteiger charge is -2.18. The highest BCUT2D eigenvalue weighted by molar-refractivity contribution is 5.54. The first-order valence-electron chi connectivity index (χ1n) is 9.99. The van der Waals surface area contributed by atoms with Crippen molar-refractivity contribution in [3.8, 4) is 11.4 Å². The van der Waals surface area contributed by atoms with E-state index >= 15 is 0 Å². The number of benzene rings is 2. The molecular weight excluding hydrogens is 379 g/mol. The van der Waals surface area contributed by atoms with Crippen molar-refractivity contribution in [3.05, 3.63) is 101 Å². The van der Waals surface area contributed by atoms with Crippen LogP contribution in [-0.2, 0) is 6.42 Å². The first-order valence-corrected chi connectivity index (χ1v) is 9.99. The molecule has 6 heteroatoms. The van der Waals surface area contributed by atoms with E-state index in [0.29, 0.717) is 29.3 Å². The Kier molecular flexibility index (Phi) is 6.25. The molecule has 152 valence electrons. The van der Waals surface area contributed by atoms with Gasteiger partial charge >= 0.3 is 0 Å². The lowest BCUT2D eigenvalue weighted by molar-refractivity contribution is 0.374. The third-order valence-corrected chi connectivity index (χ3v) is 4.93. The van der Waals surface area contributed by atoms with Crippen LogP contribution in [0, 0.1) is 12.7 Å². The standard InChI is InChI=1S/C24H23FN4O/c1-17-12-13-19(16-20(17)25)24-28-22(30-29-24)11-7-15-27-23(18-8-3-2-4-9-18)21-10-5-6-14-26-21/h2-6,8-10,12-14,16,23,27H,7,11,15H2,1H3. The van der Waals surface area contributed by atoms with Gasteiger partial charge in [0.25, 0.3) is 0 Å². The summed E-state index contributed by atoms with van der Waals surface area (Å²) in [7, 11) is 0. The van der Waals surface area contributed by atoms with Crippen molar-refractivity contribution in [2.45, 2.75) is 25.8 Å². The van der Waals surface area contributed by atoms with Crippen LogP contribution in [0.3, 0.4) is 0 Å². The largest absolute Gasteiger partial charge is 0.339 e. The molecule has 0 amide bonds. The van der Waals surface area contributed by atoms with E-state index in [1.165, 1.54) is 6.07 Å². The van der Waals surface area contributed by atoms with Gasteiger partial charge in [0.1, 0.15) is 5.82 Å². The van der Waals surface area contributed by atoms with Gasteiger partial charge < -0.3 is 9.84 Å². The Balaban J connectivity index is 1.37. The van der Waals surface area contributed by atoms with E-state index in [0.717, 1.165) is 24.2 Å². The SMILES string of the molecule is Cc1ccc(-c2noc(CCCNC(c3ccccc3)c3ccccn3)n2)cc1F. The van der Waals surface area contributed by atoms with Gasteiger partial charge in [-0.15, -0.1) is 0 Å². The van der Waals surface area contributed by atoms with Crippen LogP contribution < -0.4 is 5.32 Å². The monoisotopic (exact) mass is 402 g/mol. The summed E-state index contributed by atoms with van der Waals surface area (Å²) in [5, 5.41) is 7.56. The summed E-state index contributed by atoms with van der Waals surface area (Å²) >= 11 is 0. The summed E-state index contributed by atoms with van der Waals surface area (Å²) < 4.78 is 19.1. The number of hydrogen-bond acceptors (Lipinski definition) is 5. The predicted molar refractivity (Wildman–Crippen MR) is 113 cm³/mol. The van der Waals surface area contributed by atoms with Gasteiger partial charge in [-0.2, -0.15) is 4.98 Å². The zero-order valence-electron chi connectivity index (χ0n) is 16.8. The normalized spacial score (nSPS) is 12.1. The molecule has 2 heterocycles. The molecule has 0 saturated heterocycles. The Labute approximate surface area is 175 Å². The molecule has 0 bridgehead atoms. The second-order valence-corrected chi connectivity index (χ2v) is 7.13. The average molecular weight is 402 g/mol. The van der Waals surface area contributed by atoms with Gasteiger partial charge in [-0.05, 0) is 49.2 Å². The van der Waals surface area contributed by atoms with Gasteiger partial charge in [-0.3, -0.25) is 4.98 Å². The summed E-state index contributed by atoms with van der Waals surface area (Å²) in [6, 6.07) is 21.1. The molecule has 0 radical (unpaired) electrons. The third-order valence-electron chi connectivity index (χ3n) is 4.93. The molecule has 2 aromatic carbocycles. The van der Waals surface area contributed by atoms with Crippen molar-refractivity contribution in [3.63, 3.8) is 0 Å². The Morgan fingerprint density at radius 3 is 2.63 bits per heavy atom. The highest BCUT2D eigenvalue weighted by Crippen LogP contribution is 2.21. The molecule has 1 atom stereocenters. The van der Waals surface area contributed by atoms with E-state index in [2.05, 4.69) is 32.6 Å². The number of aromatic nitrogens is 3. The van der Waals surface area contributed by atoms with Crippen LogP contribution in [0.2, 0.25) is 0 Å². The molecule has 0 aliphatic heterocycles. The van der Waals surface area contributed by atoms with E-state index < -0.39 is 0 Å². The second-order valence-electron chi connectivity index (χ2n) is 7.13. The van der Waals surface area contributed by atoms with Crippen LogP contribution in [0.4, 0.5) is 4.39 Å². The highest BCUT2D eigenvalue weighted by atomic mass is 19.1. The van der Waals surface area contributed by atoms with Crippen LogP contribution >= 0.6 is 0 Å². The molecule has 1 unspecified atom stereocenters. The number of aryl methyl sites for hydroxylation is 2. The number of nitrogens with one attached hydrogen (secondary N) is 1. The van der Waals surface area contributed by atoms with Gasteiger partial charge in [0.05, 0.1) is 11.7 Å². The first kappa shape index (κ1) is 19.9. The van der Waals surface area contributed by atoms with Crippen LogP contribution in [0.5, 0.6) is 0 Å². The molecular formula is C24H23FN4O. The second kappa shape index (κ2) is 9.41. The molecule has 4 rings (SSSR count). The molecule has 5 nitrogen and oxygen atoms in total. The van der Waals surface area contributed by atoms with E-state index in [9.17, 15) is 4.39 Å². The summed E-state index contributed by atoms with van der Waals surface area (Å²) in [4.78, 5) is 8.91. The van der Waals surface area contributed by atoms with E-state index in [4.69, 9.17) is 4.52 Å². The van der Waals surface area contributed by atoms with Crippen molar-refractivity contribution >= 4 is 0 Å². The molecule has 0 saturated carbocycles. The number of hydrogen-bond donors (Lipinski definition) is 1. The fourth-order valence-corrected chi connectivity index (χ4v) is 3.28.